The van der Waals surface area contributed by atoms with Crippen LogP contribution in [0.15, 0.2) is 54.6 Å². The molecule has 0 aliphatic rings. The van der Waals surface area contributed by atoms with Crippen molar-refractivity contribution in [1.82, 2.24) is 4.57 Å². The highest BCUT2D eigenvalue weighted by Crippen LogP contribution is 2.28. The fourth-order valence-corrected chi connectivity index (χ4v) is 2.43. The molecule has 0 aliphatic heterocycles. The predicted molar refractivity (Wildman–Crippen MR) is 73.0 cm³/mol. The van der Waals surface area contributed by atoms with Crippen LogP contribution in [-0.4, -0.2) is 4.57 Å². The summed E-state index contributed by atoms with van der Waals surface area (Å²) in [5.41, 5.74) is 2.43. The van der Waals surface area contributed by atoms with Gasteiger partial charge >= 0.3 is 0 Å². The van der Waals surface area contributed by atoms with Crippen LogP contribution in [0.1, 0.15) is 5.56 Å². The number of nitrogens with zero attached hydrogens (tertiary/aromatic N) is 2. The number of hydrogen-bond acceptors (Lipinski definition) is 1. The normalized spacial score (nSPS) is 10.4. The van der Waals surface area contributed by atoms with E-state index in [-0.39, 0.29) is 0 Å². The molecule has 0 amide bonds. The van der Waals surface area contributed by atoms with Gasteiger partial charge in [-0.3, -0.25) is 4.57 Å². The van der Waals surface area contributed by atoms with Crippen LogP contribution in [0.4, 0.5) is 0 Å². The summed E-state index contributed by atoms with van der Waals surface area (Å²) in [6.07, 6.45) is 0. The zero-order chi connectivity index (χ0) is 12.5. The first kappa shape index (κ1) is 10.9. The Bertz CT molecular complexity index is 766. The minimum atomic E-state index is 0.610. The highest BCUT2D eigenvalue weighted by Gasteiger charge is 2.11. The van der Waals surface area contributed by atoms with E-state index >= 15 is 0 Å². The summed E-state index contributed by atoms with van der Waals surface area (Å²) in [7, 11) is 0. The van der Waals surface area contributed by atoms with Crippen LogP contribution in [0.3, 0.4) is 0 Å². The van der Waals surface area contributed by atoms with Crippen molar-refractivity contribution in [1.29, 1.82) is 5.26 Å². The van der Waals surface area contributed by atoms with Crippen molar-refractivity contribution in [3.05, 3.63) is 65.3 Å². The minimum Gasteiger partial charge on any atom is -0.299 e. The SMILES string of the molecule is N#Cc1ccccc1-n1c(Cl)cc2ccccc21. The fraction of sp³-hybridized carbons (Fsp3) is 0. The molecule has 18 heavy (non-hydrogen) atoms. The van der Waals surface area contributed by atoms with E-state index in [4.69, 9.17) is 11.6 Å². The van der Waals surface area contributed by atoms with E-state index in [0.717, 1.165) is 16.6 Å². The van der Waals surface area contributed by atoms with Gasteiger partial charge in [-0.15, -0.1) is 0 Å². The van der Waals surface area contributed by atoms with Gasteiger partial charge in [-0.2, -0.15) is 5.26 Å². The van der Waals surface area contributed by atoms with Crippen molar-refractivity contribution in [3.8, 4) is 11.8 Å². The molecule has 3 aromatic rings. The van der Waals surface area contributed by atoms with Gasteiger partial charge < -0.3 is 0 Å². The standard InChI is InChI=1S/C15H9ClN2/c16-15-9-11-5-1-3-7-13(11)18(15)14-8-4-2-6-12(14)10-17/h1-9H. The number of rotatable bonds is 1. The van der Waals surface area contributed by atoms with Crippen molar-refractivity contribution in [2.45, 2.75) is 0 Å². The molecule has 0 aliphatic carbocycles. The molecule has 0 bridgehead atoms. The molecule has 0 fully saturated rings. The smallest absolute Gasteiger partial charge is 0.114 e. The zero-order valence-corrected chi connectivity index (χ0v) is 10.2. The van der Waals surface area contributed by atoms with Gasteiger partial charge in [0.05, 0.1) is 16.8 Å². The lowest BCUT2D eigenvalue weighted by atomic mass is 10.2. The Morgan fingerprint density at radius 1 is 1.00 bits per heavy atom. The molecule has 0 saturated carbocycles. The second-order valence-electron chi connectivity index (χ2n) is 3.99. The molecular formula is C15H9ClN2. The molecule has 0 spiro atoms. The molecule has 1 aromatic heterocycles. The van der Waals surface area contributed by atoms with E-state index in [9.17, 15) is 5.26 Å². The van der Waals surface area contributed by atoms with Gasteiger partial charge in [0.1, 0.15) is 11.2 Å². The molecule has 2 nitrogen and oxygen atoms in total. The topological polar surface area (TPSA) is 28.7 Å². The number of hydrogen-bond donors (Lipinski definition) is 0. The van der Waals surface area contributed by atoms with Gasteiger partial charge in [0.15, 0.2) is 0 Å². The zero-order valence-electron chi connectivity index (χ0n) is 9.47. The van der Waals surface area contributed by atoms with Gasteiger partial charge in [-0.05, 0) is 24.3 Å². The van der Waals surface area contributed by atoms with Crippen LogP contribution in [-0.2, 0) is 0 Å². The third-order valence-corrected chi connectivity index (χ3v) is 3.21. The Morgan fingerprint density at radius 3 is 2.56 bits per heavy atom. The number of benzene rings is 2. The third-order valence-electron chi connectivity index (χ3n) is 2.93. The van der Waals surface area contributed by atoms with Crippen molar-refractivity contribution in [2.75, 3.05) is 0 Å². The van der Waals surface area contributed by atoms with E-state index in [2.05, 4.69) is 6.07 Å². The maximum Gasteiger partial charge on any atom is 0.114 e. The lowest BCUT2D eigenvalue weighted by Crippen LogP contribution is -1.96. The van der Waals surface area contributed by atoms with Crippen LogP contribution in [0, 0.1) is 11.3 Å². The molecule has 1 heterocycles. The quantitative estimate of drug-likeness (QED) is 0.639. The van der Waals surface area contributed by atoms with Gasteiger partial charge in [0, 0.05) is 5.39 Å². The van der Waals surface area contributed by atoms with E-state index < -0.39 is 0 Å². The highest BCUT2D eigenvalue weighted by atomic mass is 35.5. The maximum atomic E-state index is 9.17. The van der Waals surface area contributed by atoms with Gasteiger partial charge in [-0.1, -0.05) is 41.9 Å². The minimum absolute atomic E-state index is 0.610. The summed E-state index contributed by atoms with van der Waals surface area (Å²) in [6, 6.07) is 19.5. The van der Waals surface area contributed by atoms with Gasteiger partial charge in [-0.25, -0.2) is 0 Å². The van der Waals surface area contributed by atoms with Crippen LogP contribution < -0.4 is 0 Å². The molecular weight excluding hydrogens is 244 g/mol. The molecule has 0 N–H and O–H groups in total. The second-order valence-corrected chi connectivity index (χ2v) is 4.38. The summed E-state index contributed by atoms with van der Waals surface area (Å²) in [4.78, 5) is 0. The van der Waals surface area contributed by atoms with Gasteiger partial charge in [0.25, 0.3) is 0 Å². The Labute approximate surface area is 110 Å². The van der Waals surface area contributed by atoms with Crippen molar-refractivity contribution in [3.63, 3.8) is 0 Å². The van der Waals surface area contributed by atoms with E-state index in [1.54, 1.807) is 6.07 Å². The number of aromatic nitrogens is 1. The maximum absolute atomic E-state index is 9.17. The molecule has 0 atom stereocenters. The lowest BCUT2D eigenvalue weighted by molar-refractivity contribution is 1.12. The lowest BCUT2D eigenvalue weighted by Gasteiger charge is -2.08. The Hall–Kier alpha value is -2.24. The summed E-state index contributed by atoms with van der Waals surface area (Å²) in [5.74, 6) is 0. The first-order valence-electron chi connectivity index (χ1n) is 5.57. The molecule has 3 rings (SSSR count). The average Bonchev–Trinajstić information content (AvgIpc) is 2.74. The largest absolute Gasteiger partial charge is 0.299 e. The number of fused-ring (bicyclic) bond motifs is 1. The van der Waals surface area contributed by atoms with Crippen molar-refractivity contribution < 1.29 is 0 Å². The molecule has 0 unspecified atom stereocenters. The highest BCUT2D eigenvalue weighted by molar-refractivity contribution is 6.31. The predicted octanol–water partition coefficient (Wildman–Crippen LogP) is 4.16. The number of nitriles is 1. The Balaban J connectivity index is 2.39. The second kappa shape index (κ2) is 4.21. The molecule has 86 valence electrons. The van der Waals surface area contributed by atoms with Crippen LogP contribution in [0.2, 0.25) is 5.15 Å². The third kappa shape index (κ3) is 1.57. The summed E-state index contributed by atoms with van der Waals surface area (Å²) >= 11 is 6.28. The van der Waals surface area contributed by atoms with Crippen LogP contribution >= 0.6 is 11.6 Å². The van der Waals surface area contributed by atoms with E-state index in [1.165, 1.54) is 0 Å². The Morgan fingerprint density at radius 2 is 1.72 bits per heavy atom. The first-order valence-corrected chi connectivity index (χ1v) is 5.94. The molecule has 0 saturated heterocycles. The summed E-state index contributed by atoms with van der Waals surface area (Å²) in [5, 5.41) is 10.8. The molecule has 3 heteroatoms. The Kier molecular flexibility index (Phi) is 2.55. The van der Waals surface area contributed by atoms with Crippen molar-refractivity contribution in [2.24, 2.45) is 0 Å². The fourth-order valence-electron chi connectivity index (χ4n) is 2.13. The van der Waals surface area contributed by atoms with Crippen molar-refractivity contribution >= 4 is 22.5 Å². The summed E-state index contributed by atoms with van der Waals surface area (Å²) in [6.45, 7) is 0. The van der Waals surface area contributed by atoms with E-state index in [1.807, 2.05) is 53.1 Å². The number of halogens is 1. The number of para-hydroxylation sites is 2. The monoisotopic (exact) mass is 252 g/mol. The summed E-state index contributed by atoms with van der Waals surface area (Å²) < 4.78 is 1.90. The van der Waals surface area contributed by atoms with Crippen LogP contribution in [0.25, 0.3) is 16.6 Å². The first-order chi connectivity index (χ1) is 8.81. The molecule has 2 aromatic carbocycles. The molecule has 0 radical (unpaired) electrons. The van der Waals surface area contributed by atoms with Crippen LogP contribution in [0.5, 0.6) is 0 Å². The van der Waals surface area contributed by atoms with Gasteiger partial charge in [0.2, 0.25) is 0 Å². The van der Waals surface area contributed by atoms with E-state index in [0.29, 0.717) is 10.7 Å². The average molecular weight is 253 g/mol.